The van der Waals surface area contributed by atoms with Crippen LogP contribution < -0.4 is 15.8 Å². The van der Waals surface area contributed by atoms with Crippen molar-refractivity contribution in [2.24, 2.45) is 0 Å². The van der Waals surface area contributed by atoms with Crippen LogP contribution in [0.5, 0.6) is 5.75 Å². The molecule has 0 radical (unpaired) electrons. The number of benzene rings is 1. The third kappa shape index (κ3) is 7.94. The molecule has 1 heterocycles. The maximum Gasteiger partial charge on any atom is 0.293 e. The summed E-state index contributed by atoms with van der Waals surface area (Å²) in [6.07, 6.45) is 7.58. The number of nitrogens with two attached hydrogens (primary N) is 1. The number of thioether (sulfide) groups is 1. The minimum absolute atomic E-state index is 0.214. The van der Waals surface area contributed by atoms with Gasteiger partial charge in [-0.3, -0.25) is 4.79 Å². The van der Waals surface area contributed by atoms with Crippen molar-refractivity contribution in [3.63, 3.8) is 0 Å². The Balaban J connectivity index is 2.42. The van der Waals surface area contributed by atoms with Gasteiger partial charge in [0.15, 0.2) is 0 Å². The average molecular weight is 447 g/mol. The quantitative estimate of drug-likeness (QED) is 0.312. The number of nitrogen functional groups attached to an aromatic ring is 1. The summed E-state index contributed by atoms with van der Waals surface area (Å²) in [6, 6.07) is 8.21. The van der Waals surface area contributed by atoms with Crippen molar-refractivity contribution in [2.45, 2.75) is 51.5 Å². The lowest BCUT2D eigenvalue weighted by Gasteiger charge is -2.22. The summed E-state index contributed by atoms with van der Waals surface area (Å²) in [6.45, 7) is 2.89. The Labute approximate surface area is 189 Å². The van der Waals surface area contributed by atoms with Gasteiger partial charge in [0, 0.05) is 24.4 Å². The van der Waals surface area contributed by atoms with Gasteiger partial charge in [0.25, 0.3) is 6.47 Å². The molecule has 1 aromatic heterocycles. The zero-order valence-corrected chi connectivity index (χ0v) is 19.5. The van der Waals surface area contributed by atoms with Gasteiger partial charge in [0.1, 0.15) is 11.6 Å². The van der Waals surface area contributed by atoms with E-state index in [1.165, 1.54) is 0 Å². The fourth-order valence-electron chi connectivity index (χ4n) is 3.50. The van der Waals surface area contributed by atoms with Gasteiger partial charge >= 0.3 is 0 Å². The smallest absolute Gasteiger partial charge is 0.293 e. The van der Waals surface area contributed by atoms with E-state index in [9.17, 15) is 4.79 Å². The summed E-state index contributed by atoms with van der Waals surface area (Å²) in [5.74, 6) is 2.85. The lowest BCUT2D eigenvalue weighted by Crippen LogP contribution is -2.23. The second-order valence-corrected chi connectivity index (χ2v) is 8.31. The van der Waals surface area contributed by atoms with Crippen LogP contribution >= 0.6 is 11.8 Å². The van der Waals surface area contributed by atoms with E-state index < -0.39 is 0 Å². The maximum atomic E-state index is 10.6. The van der Waals surface area contributed by atoms with Crippen LogP contribution in [0, 0.1) is 0 Å². The molecule has 0 unspecified atom stereocenters. The van der Waals surface area contributed by atoms with Crippen LogP contribution in [0.2, 0.25) is 0 Å². The second-order valence-electron chi connectivity index (χ2n) is 7.33. The molecule has 8 heteroatoms. The first-order chi connectivity index (χ1) is 15.1. The molecular weight excluding hydrogens is 412 g/mol. The van der Waals surface area contributed by atoms with Gasteiger partial charge in [-0.05, 0) is 36.5 Å². The van der Waals surface area contributed by atoms with Crippen molar-refractivity contribution in [1.82, 2.24) is 9.97 Å². The highest BCUT2D eigenvalue weighted by molar-refractivity contribution is 7.98. The van der Waals surface area contributed by atoms with E-state index in [0.717, 1.165) is 59.8 Å². The minimum atomic E-state index is 0.214. The third-order valence-electron chi connectivity index (χ3n) is 5.11. The number of anilines is 2. The van der Waals surface area contributed by atoms with Crippen molar-refractivity contribution in [2.75, 3.05) is 36.8 Å². The molecule has 0 amide bonds. The van der Waals surface area contributed by atoms with Crippen molar-refractivity contribution in [3.8, 4) is 5.75 Å². The standard InChI is InChI=1S/C23H34N4O3S/c1-4-5-9-18(12-14-31-3)25-22-19(15-17-8-6-7-10-21(17)29-2)20(11-13-30-16-28)26-23(24)27-22/h6-8,10,16,18H,4-5,9,11-15H2,1-3H3,(H3,24,25,26,27)/t18-/m0/s1. The van der Waals surface area contributed by atoms with Gasteiger partial charge in [-0.1, -0.05) is 38.0 Å². The number of unbranched alkanes of at least 4 members (excludes halogenated alkanes) is 1. The summed E-state index contributed by atoms with van der Waals surface area (Å²) in [5.41, 5.74) is 8.83. The highest BCUT2D eigenvalue weighted by atomic mass is 32.2. The van der Waals surface area contributed by atoms with Crippen LogP contribution in [0.4, 0.5) is 11.8 Å². The Morgan fingerprint density at radius 1 is 1.26 bits per heavy atom. The topological polar surface area (TPSA) is 99.4 Å². The fourth-order valence-corrected chi connectivity index (χ4v) is 4.02. The van der Waals surface area contributed by atoms with E-state index in [1.54, 1.807) is 7.11 Å². The molecular formula is C23H34N4O3S. The van der Waals surface area contributed by atoms with Crippen molar-refractivity contribution < 1.29 is 14.3 Å². The zero-order valence-electron chi connectivity index (χ0n) is 18.7. The number of nitrogens with zero attached hydrogens (tertiary/aromatic N) is 2. The van der Waals surface area contributed by atoms with Crippen LogP contribution in [-0.2, 0) is 22.4 Å². The monoisotopic (exact) mass is 446 g/mol. The first-order valence-corrected chi connectivity index (χ1v) is 12.1. The van der Waals surface area contributed by atoms with Gasteiger partial charge in [-0.15, -0.1) is 0 Å². The van der Waals surface area contributed by atoms with Crippen LogP contribution in [0.3, 0.4) is 0 Å². The largest absolute Gasteiger partial charge is 0.496 e. The van der Waals surface area contributed by atoms with Gasteiger partial charge in [0.05, 0.1) is 19.4 Å². The van der Waals surface area contributed by atoms with E-state index in [4.69, 9.17) is 15.2 Å². The Morgan fingerprint density at radius 3 is 2.77 bits per heavy atom. The van der Waals surface area contributed by atoms with Crippen molar-refractivity contribution in [3.05, 3.63) is 41.1 Å². The summed E-state index contributed by atoms with van der Waals surface area (Å²) >= 11 is 1.84. The SMILES string of the molecule is CCCC[C@@H](CCSC)Nc1nc(N)nc(CCOC=O)c1Cc1ccccc1OC. The molecule has 0 aliphatic heterocycles. The number of ether oxygens (including phenoxy) is 2. The number of para-hydroxylation sites is 1. The number of carbonyl (C=O) groups excluding carboxylic acids is 1. The normalized spacial score (nSPS) is 11.7. The Kier molecular flexibility index (Phi) is 11.0. The van der Waals surface area contributed by atoms with Crippen molar-refractivity contribution >= 4 is 30.0 Å². The lowest BCUT2D eigenvalue weighted by molar-refractivity contribution is -0.128. The minimum Gasteiger partial charge on any atom is -0.496 e. The average Bonchev–Trinajstić information content (AvgIpc) is 2.78. The predicted molar refractivity (Wildman–Crippen MR) is 128 cm³/mol. The molecule has 0 fully saturated rings. The summed E-state index contributed by atoms with van der Waals surface area (Å²) in [5, 5.41) is 3.65. The molecule has 3 N–H and O–H groups in total. The second kappa shape index (κ2) is 13.7. The number of aromatic nitrogens is 2. The molecule has 1 aromatic carbocycles. The van der Waals surface area contributed by atoms with Crippen LogP contribution in [0.1, 0.15) is 49.4 Å². The Bertz CT molecular complexity index is 811. The van der Waals surface area contributed by atoms with E-state index in [2.05, 4.69) is 28.5 Å². The summed E-state index contributed by atoms with van der Waals surface area (Å²) in [7, 11) is 1.67. The van der Waals surface area contributed by atoms with Gasteiger partial charge < -0.3 is 20.5 Å². The first-order valence-electron chi connectivity index (χ1n) is 10.7. The lowest BCUT2D eigenvalue weighted by atomic mass is 10.0. The van der Waals surface area contributed by atoms with Gasteiger partial charge in [-0.2, -0.15) is 16.7 Å². The highest BCUT2D eigenvalue weighted by Crippen LogP contribution is 2.28. The van der Waals surface area contributed by atoms with E-state index in [0.29, 0.717) is 25.4 Å². The molecule has 31 heavy (non-hydrogen) atoms. The number of hydrogen-bond acceptors (Lipinski definition) is 8. The Morgan fingerprint density at radius 2 is 2.06 bits per heavy atom. The maximum absolute atomic E-state index is 10.6. The molecule has 2 rings (SSSR count). The number of carbonyl (C=O) groups is 1. The molecule has 0 aliphatic carbocycles. The molecule has 7 nitrogen and oxygen atoms in total. The molecule has 0 saturated heterocycles. The summed E-state index contributed by atoms with van der Waals surface area (Å²) < 4.78 is 10.5. The van der Waals surface area contributed by atoms with E-state index >= 15 is 0 Å². The number of rotatable bonds is 15. The van der Waals surface area contributed by atoms with Gasteiger partial charge in [-0.25, -0.2) is 4.98 Å². The van der Waals surface area contributed by atoms with Gasteiger partial charge in [0.2, 0.25) is 5.95 Å². The molecule has 0 saturated carbocycles. The molecule has 1 atom stereocenters. The fraction of sp³-hybridized carbons (Fsp3) is 0.522. The zero-order chi connectivity index (χ0) is 22.5. The molecule has 0 aliphatic rings. The Hall–Kier alpha value is -2.48. The van der Waals surface area contributed by atoms with Crippen molar-refractivity contribution in [1.29, 1.82) is 0 Å². The van der Waals surface area contributed by atoms with E-state index in [1.807, 2.05) is 36.0 Å². The summed E-state index contributed by atoms with van der Waals surface area (Å²) in [4.78, 5) is 19.7. The van der Waals surface area contributed by atoms with E-state index in [-0.39, 0.29) is 12.6 Å². The number of hydrogen-bond donors (Lipinski definition) is 2. The van der Waals surface area contributed by atoms with Crippen LogP contribution in [-0.4, -0.2) is 48.2 Å². The molecule has 0 bridgehead atoms. The number of methoxy groups -OCH3 is 1. The molecule has 170 valence electrons. The van der Waals surface area contributed by atoms with Crippen LogP contribution in [0.25, 0.3) is 0 Å². The first kappa shape index (κ1) is 24.8. The predicted octanol–water partition coefficient (Wildman–Crippen LogP) is 4.10. The highest BCUT2D eigenvalue weighted by Gasteiger charge is 2.19. The third-order valence-corrected chi connectivity index (χ3v) is 5.76. The van der Waals surface area contributed by atoms with Crippen LogP contribution in [0.15, 0.2) is 24.3 Å². The molecule has 0 spiro atoms. The number of nitrogens with one attached hydrogen (secondary N) is 1. The molecule has 2 aromatic rings.